The van der Waals surface area contributed by atoms with Gasteiger partial charge in [0.15, 0.2) is 0 Å². The van der Waals surface area contributed by atoms with E-state index in [9.17, 15) is 4.79 Å². The van der Waals surface area contributed by atoms with Crippen molar-refractivity contribution in [2.75, 3.05) is 6.61 Å². The van der Waals surface area contributed by atoms with Crippen molar-refractivity contribution >= 4 is 11.9 Å². The van der Waals surface area contributed by atoms with Gasteiger partial charge in [0.1, 0.15) is 18.5 Å². The number of rotatable bonds is 10. The van der Waals surface area contributed by atoms with Gasteiger partial charge in [0, 0.05) is 18.3 Å². The number of hydrogen-bond acceptors (Lipinski definition) is 4. The Balaban J connectivity index is 1.74. The number of benzene rings is 2. The number of allylic oxidation sites excluding steroid dienone is 1. The molecular weight excluding hydrogens is 390 g/mol. The first kappa shape index (κ1) is 22.5. The van der Waals surface area contributed by atoms with Crippen molar-refractivity contribution in [3.05, 3.63) is 94.8 Å². The molecule has 2 aromatic carbocycles. The van der Waals surface area contributed by atoms with Crippen LogP contribution in [0.15, 0.2) is 66.9 Å². The Morgan fingerprint density at radius 3 is 2.65 bits per heavy atom. The highest BCUT2D eigenvalue weighted by Gasteiger charge is 2.15. The molecule has 1 N–H and O–H groups in total. The molecule has 3 aromatic rings. The van der Waals surface area contributed by atoms with E-state index in [2.05, 4.69) is 11.8 Å². The van der Waals surface area contributed by atoms with Crippen molar-refractivity contribution < 1.29 is 19.7 Å². The number of aryl methyl sites for hydroxylation is 2. The second-order valence-corrected chi connectivity index (χ2v) is 7.63. The Morgan fingerprint density at radius 1 is 1.16 bits per heavy atom. The predicted molar refractivity (Wildman–Crippen MR) is 123 cm³/mol. The van der Waals surface area contributed by atoms with Gasteiger partial charge in [-0.05, 0) is 49.6 Å². The number of aromatic nitrogens is 1. The lowest BCUT2D eigenvalue weighted by atomic mass is 10.1. The predicted octanol–water partition coefficient (Wildman–Crippen LogP) is 5.56. The third-order valence-corrected chi connectivity index (χ3v) is 5.02. The van der Waals surface area contributed by atoms with Crippen molar-refractivity contribution in [3.8, 4) is 5.75 Å². The lowest BCUT2D eigenvalue weighted by molar-refractivity contribution is -0.253. The van der Waals surface area contributed by atoms with E-state index in [0.29, 0.717) is 23.6 Å². The zero-order chi connectivity index (χ0) is 22.2. The van der Waals surface area contributed by atoms with E-state index in [0.717, 1.165) is 23.1 Å². The standard InChI is InChI=1S/C26H29NO4/c1-4-21-16-25(26(28)23-12-10-19(2)11-13-23)27(17-21)14-6-8-22-7-5-9-24(15-22)31-20(3)18-30-29/h5-13,15-17,20,29H,4,14,18H2,1-3H3/b8-6+/t20-/m0/s1. The maximum absolute atomic E-state index is 13.1. The Morgan fingerprint density at radius 2 is 1.94 bits per heavy atom. The molecule has 0 amide bonds. The zero-order valence-corrected chi connectivity index (χ0v) is 18.2. The third kappa shape index (κ3) is 6.17. The van der Waals surface area contributed by atoms with Gasteiger partial charge in [-0.3, -0.25) is 10.1 Å². The molecule has 1 atom stereocenters. The molecule has 0 fully saturated rings. The van der Waals surface area contributed by atoms with E-state index in [-0.39, 0.29) is 18.5 Å². The average Bonchev–Trinajstić information content (AvgIpc) is 3.17. The first-order valence-electron chi connectivity index (χ1n) is 10.5. The van der Waals surface area contributed by atoms with E-state index in [4.69, 9.17) is 9.99 Å². The van der Waals surface area contributed by atoms with E-state index >= 15 is 0 Å². The first-order valence-corrected chi connectivity index (χ1v) is 10.5. The molecule has 31 heavy (non-hydrogen) atoms. The molecule has 0 aliphatic rings. The fourth-order valence-electron chi connectivity index (χ4n) is 3.32. The molecule has 1 aromatic heterocycles. The van der Waals surface area contributed by atoms with Crippen LogP contribution >= 0.6 is 0 Å². The van der Waals surface area contributed by atoms with Crippen LogP contribution in [0.5, 0.6) is 5.75 Å². The number of carbonyl (C=O) groups excluding carboxylic acids is 1. The molecule has 0 aliphatic heterocycles. The number of hydrogen-bond donors (Lipinski definition) is 1. The number of nitrogens with zero attached hydrogens (tertiary/aromatic N) is 1. The highest BCUT2D eigenvalue weighted by atomic mass is 17.1. The minimum atomic E-state index is -0.257. The summed E-state index contributed by atoms with van der Waals surface area (Å²) in [6.45, 7) is 6.61. The third-order valence-electron chi connectivity index (χ3n) is 5.02. The Labute approximate surface area is 183 Å². The molecule has 0 bridgehead atoms. The van der Waals surface area contributed by atoms with Crippen molar-refractivity contribution in [1.29, 1.82) is 0 Å². The maximum Gasteiger partial charge on any atom is 0.209 e. The molecule has 0 spiro atoms. The minimum Gasteiger partial charge on any atom is -0.488 e. The highest BCUT2D eigenvalue weighted by molar-refractivity contribution is 6.08. The van der Waals surface area contributed by atoms with E-state index in [1.54, 1.807) is 0 Å². The molecular formula is C26H29NO4. The van der Waals surface area contributed by atoms with Gasteiger partial charge >= 0.3 is 0 Å². The summed E-state index contributed by atoms with van der Waals surface area (Å²) in [5.74, 6) is 0.736. The molecule has 0 aliphatic carbocycles. The topological polar surface area (TPSA) is 60.7 Å². The molecule has 0 saturated heterocycles. The first-order chi connectivity index (χ1) is 15.0. The fourth-order valence-corrected chi connectivity index (χ4v) is 3.32. The molecule has 5 nitrogen and oxygen atoms in total. The minimum absolute atomic E-state index is 0.0311. The second-order valence-electron chi connectivity index (χ2n) is 7.63. The lowest BCUT2D eigenvalue weighted by Crippen LogP contribution is -2.18. The van der Waals surface area contributed by atoms with Crippen LogP contribution in [0.3, 0.4) is 0 Å². The normalized spacial score (nSPS) is 12.3. The maximum atomic E-state index is 13.1. The van der Waals surface area contributed by atoms with Crippen LogP contribution in [0.25, 0.3) is 6.08 Å². The summed E-state index contributed by atoms with van der Waals surface area (Å²) in [6, 6.07) is 17.4. The van der Waals surface area contributed by atoms with Crippen molar-refractivity contribution in [1.82, 2.24) is 4.57 Å². The van der Waals surface area contributed by atoms with Gasteiger partial charge in [0.05, 0.1) is 5.69 Å². The lowest BCUT2D eigenvalue weighted by Gasteiger charge is -2.13. The Hall–Kier alpha value is -3.15. The quantitative estimate of drug-likeness (QED) is 0.265. The van der Waals surface area contributed by atoms with E-state index in [1.165, 1.54) is 0 Å². The highest BCUT2D eigenvalue weighted by Crippen LogP contribution is 2.18. The van der Waals surface area contributed by atoms with Gasteiger partial charge in [-0.15, -0.1) is 0 Å². The van der Waals surface area contributed by atoms with Crippen LogP contribution in [0, 0.1) is 6.92 Å². The van der Waals surface area contributed by atoms with Crippen LogP contribution in [0.2, 0.25) is 0 Å². The molecule has 0 radical (unpaired) electrons. The van der Waals surface area contributed by atoms with Crippen LogP contribution in [0.1, 0.15) is 46.6 Å². The van der Waals surface area contributed by atoms with Gasteiger partial charge in [-0.1, -0.05) is 61.0 Å². The smallest absolute Gasteiger partial charge is 0.209 e. The van der Waals surface area contributed by atoms with Crippen LogP contribution < -0.4 is 4.74 Å². The summed E-state index contributed by atoms with van der Waals surface area (Å²) >= 11 is 0. The van der Waals surface area contributed by atoms with Crippen molar-refractivity contribution in [2.24, 2.45) is 0 Å². The summed E-state index contributed by atoms with van der Waals surface area (Å²) in [6.07, 6.45) is 6.70. The number of ketones is 1. The summed E-state index contributed by atoms with van der Waals surface area (Å²) in [5, 5.41) is 8.54. The molecule has 3 rings (SSSR count). The summed E-state index contributed by atoms with van der Waals surface area (Å²) < 4.78 is 7.72. The summed E-state index contributed by atoms with van der Waals surface area (Å²) in [7, 11) is 0. The SMILES string of the molecule is CCc1cc(C(=O)c2ccc(C)cc2)n(C/C=C/c2cccc(O[C@@H](C)COO)c2)c1. The van der Waals surface area contributed by atoms with Gasteiger partial charge in [0.2, 0.25) is 5.78 Å². The Kier molecular flexibility index (Phi) is 7.82. The van der Waals surface area contributed by atoms with E-state index < -0.39 is 0 Å². The van der Waals surface area contributed by atoms with Crippen LogP contribution in [-0.2, 0) is 17.9 Å². The largest absolute Gasteiger partial charge is 0.488 e. The molecule has 1 heterocycles. The van der Waals surface area contributed by atoms with Crippen LogP contribution in [0.4, 0.5) is 0 Å². The van der Waals surface area contributed by atoms with Crippen molar-refractivity contribution in [2.45, 2.75) is 39.8 Å². The molecule has 0 unspecified atom stereocenters. The summed E-state index contributed by atoms with van der Waals surface area (Å²) in [5.41, 5.74) is 4.65. The Bertz CT molecular complexity index is 1030. The molecule has 162 valence electrons. The molecule has 5 heteroatoms. The average molecular weight is 420 g/mol. The molecule has 0 saturated carbocycles. The fraction of sp³-hybridized carbons (Fsp3) is 0.269. The van der Waals surface area contributed by atoms with E-state index in [1.807, 2.05) is 91.4 Å². The van der Waals surface area contributed by atoms with Crippen LogP contribution in [-0.4, -0.2) is 28.3 Å². The number of carbonyl (C=O) groups is 1. The number of ether oxygens (including phenoxy) is 1. The van der Waals surface area contributed by atoms with Gasteiger partial charge in [0.25, 0.3) is 0 Å². The van der Waals surface area contributed by atoms with Gasteiger partial charge in [-0.25, -0.2) is 4.89 Å². The second kappa shape index (κ2) is 10.8. The van der Waals surface area contributed by atoms with Gasteiger partial charge in [-0.2, -0.15) is 0 Å². The summed E-state index contributed by atoms with van der Waals surface area (Å²) in [4.78, 5) is 17.2. The zero-order valence-electron chi connectivity index (χ0n) is 18.2. The van der Waals surface area contributed by atoms with Gasteiger partial charge < -0.3 is 9.30 Å². The monoisotopic (exact) mass is 419 g/mol. The van der Waals surface area contributed by atoms with Crippen molar-refractivity contribution in [3.63, 3.8) is 0 Å².